The van der Waals surface area contributed by atoms with Crippen LogP contribution in [0.1, 0.15) is 5.56 Å². The van der Waals surface area contributed by atoms with E-state index >= 15 is 0 Å². The molecule has 3 aromatic rings. The van der Waals surface area contributed by atoms with E-state index in [1.165, 1.54) is 5.56 Å². The minimum Gasteiger partial charge on any atom is -0.339 e. The highest BCUT2D eigenvalue weighted by Crippen LogP contribution is 2.26. The minimum absolute atomic E-state index is 0.850. The van der Waals surface area contributed by atoms with Gasteiger partial charge in [0.2, 0.25) is 0 Å². The summed E-state index contributed by atoms with van der Waals surface area (Å²) in [6.07, 6.45) is 0. The van der Waals surface area contributed by atoms with Crippen molar-refractivity contribution in [3.05, 3.63) is 64.6 Å². The second-order valence-corrected chi connectivity index (χ2v) is 5.35. The van der Waals surface area contributed by atoms with Crippen LogP contribution in [0.5, 0.6) is 0 Å². The van der Waals surface area contributed by atoms with Gasteiger partial charge in [0.25, 0.3) is 0 Å². The van der Waals surface area contributed by atoms with Gasteiger partial charge < -0.3 is 5.32 Å². The van der Waals surface area contributed by atoms with E-state index < -0.39 is 0 Å². The van der Waals surface area contributed by atoms with Gasteiger partial charge in [0.1, 0.15) is 5.82 Å². The van der Waals surface area contributed by atoms with Crippen molar-refractivity contribution in [2.24, 2.45) is 0 Å². The van der Waals surface area contributed by atoms with Crippen molar-refractivity contribution in [3.8, 4) is 0 Å². The van der Waals surface area contributed by atoms with Crippen LogP contribution in [0.25, 0.3) is 10.9 Å². The standard InChI is InChI=1S/C16H13BrN2/c1-11-6-8-15(13(17)10-11)19-16-9-7-12-4-2-3-5-14(12)18-16/h2-10H,1H3,(H,18,19). The number of fused-ring (bicyclic) bond motifs is 1. The summed E-state index contributed by atoms with van der Waals surface area (Å²) in [5.74, 6) is 0.850. The highest BCUT2D eigenvalue weighted by molar-refractivity contribution is 9.10. The number of hydrogen-bond acceptors (Lipinski definition) is 2. The molecule has 19 heavy (non-hydrogen) atoms. The van der Waals surface area contributed by atoms with Gasteiger partial charge in [0, 0.05) is 9.86 Å². The summed E-state index contributed by atoms with van der Waals surface area (Å²) in [5.41, 5.74) is 3.24. The third-order valence-corrected chi connectivity index (χ3v) is 3.64. The van der Waals surface area contributed by atoms with Crippen LogP contribution in [0.15, 0.2) is 59.1 Å². The summed E-state index contributed by atoms with van der Waals surface area (Å²) in [4.78, 5) is 4.60. The smallest absolute Gasteiger partial charge is 0.131 e. The first-order valence-electron chi connectivity index (χ1n) is 6.11. The van der Waals surface area contributed by atoms with Crippen molar-refractivity contribution in [2.75, 3.05) is 5.32 Å². The van der Waals surface area contributed by atoms with Crippen molar-refractivity contribution in [1.82, 2.24) is 4.98 Å². The molecule has 0 unspecified atom stereocenters. The number of aryl methyl sites for hydroxylation is 1. The van der Waals surface area contributed by atoms with E-state index in [0.29, 0.717) is 0 Å². The molecule has 0 aliphatic rings. The Balaban J connectivity index is 1.96. The summed E-state index contributed by atoms with van der Waals surface area (Å²) in [7, 11) is 0. The van der Waals surface area contributed by atoms with Gasteiger partial charge in [0.15, 0.2) is 0 Å². The van der Waals surface area contributed by atoms with E-state index in [-0.39, 0.29) is 0 Å². The lowest BCUT2D eigenvalue weighted by molar-refractivity contribution is 1.35. The molecule has 2 aromatic carbocycles. The van der Waals surface area contributed by atoms with Gasteiger partial charge in [0.05, 0.1) is 11.2 Å². The van der Waals surface area contributed by atoms with Gasteiger partial charge in [-0.25, -0.2) is 4.98 Å². The number of nitrogens with one attached hydrogen (secondary N) is 1. The molecule has 0 amide bonds. The Morgan fingerprint density at radius 1 is 1.00 bits per heavy atom. The lowest BCUT2D eigenvalue weighted by atomic mass is 10.2. The number of anilines is 2. The first-order valence-corrected chi connectivity index (χ1v) is 6.91. The van der Waals surface area contributed by atoms with Crippen molar-refractivity contribution >= 4 is 38.3 Å². The molecule has 1 aromatic heterocycles. The lowest BCUT2D eigenvalue weighted by Gasteiger charge is -2.09. The minimum atomic E-state index is 0.850. The van der Waals surface area contributed by atoms with Crippen LogP contribution in [0, 0.1) is 6.92 Å². The molecule has 0 saturated heterocycles. The monoisotopic (exact) mass is 312 g/mol. The van der Waals surface area contributed by atoms with Crippen molar-refractivity contribution in [2.45, 2.75) is 6.92 Å². The average molecular weight is 313 g/mol. The third kappa shape index (κ3) is 2.61. The first-order chi connectivity index (χ1) is 9.22. The zero-order chi connectivity index (χ0) is 13.2. The maximum atomic E-state index is 4.60. The molecule has 1 heterocycles. The number of benzene rings is 2. The fraction of sp³-hybridized carbons (Fsp3) is 0.0625. The number of rotatable bonds is 2. The summed E-state index contributed by atoms with van der Waals surface area (Å²) >= 11 is 3.56. The van der Waals surface area contributed by atoms with E-state index in [4.69, 9.17) is 0 Å². The van der Waals surface area contributed by atoms with E-state index in [9.17, 15) is 0 Å². The molecule has 0 atom stereocenters. The second kappa shape index (κ2) is 5.02. The Kier molecular flexibility index (Phi) is 3.22. The molecule has 94 valence electrons. The average Bonchev–Trinajstić information content (AvgIpc) is 2.42. The number of pyridine rings is 1. The molecule has 0 radical (unpaired) electrons. The number of hydrogen-bond donors (Lipinski definition) is 1. The Hall–Kier alpha value is -1.87. The molecule has 0 bridgehead atoms. The second-order valence-electron chi connectivity index (χ2n) is 4.50. The Bertz CT molecular complexity index is 738. The molecular weight excluding hydrogens is 300 g/mol. The van der Waals surface area contributed by atoms with Crippen LogP contribution in [0.4, 0.5) is 11.5 Å². The topological polar surface area (TPSA) is 24.9 Å². The summed E-state index contributed by atoms with van der Waals surface area (Å²) < 4.78 is 1.04. The maximum Gasteiger partial charge on any atom is 0.131 e. The molecule has 0 spiro atoms. The van der Waals surface area contributed by atoms with Crippen molar-refractivity contribution < 1.29 is 0 Å². The van der Waals surface area contributed by atoms with Crippen LogP contribution in [-0.4, -0.2) is 4.98 Å². The van der Waals surface area contributed by atoms with E-state index in [1.54, 1.807) is 0 Å². The van der Waals surface area contributed by atoms with Gasteiger partial charge in [-0.1, -0.05) is 24.3 Å². The predicted octanol–water partition coefficient (Wildman–Crippen LogP) is 5.05. The number of halogens is 1. The van der Waals surface area contributed by atoms with Crippen LogP contribution in [0.2, 0.25) is 0 Å². The molecule has 3 rings (SSSR count). The van der Waals surface area contributed by atoms with Crippen molar-refractivity contribution in [3.63, 3.8) is 0 Å². The van der Waals surface area contributed by atoms with Crippen molar-refractivity contribution in [1.29, 1.82) is 0 Å². The normalized spacial score (nSPS) is 10.6. The maximum absolute atomic E-state index is 4.60. The molecule has 3 heteroatoms. The SMILES string of the molecule is Cc1ccc(Nc2ccc3ccccc3n2)c(Br)c1. The Morgan fingerprint density at radius 3 is 2.68 bits per heavy atom. The van der Waals surface area contributed by atoms with E-state index in [2.05, 4.69) is 63.5 Å². The molecular formula is C16H13BrN2. The Labute approximate surface area is 120 Å². The number of aromatic nitrogens is 1. The van der Waals surface area contributed by atoms with E-state index in [0.717, 1.165) is 26.9 Å². The fourth-order valence-corrected chi connectivity index (χ4v) is 2.59. The molecule has 0 aliphatic carbocycles. The van der Waals surface area contributed by atoms with E-state index in [1.807, 2.05) is 24.3 Å². The largest absolute Gasteiger partial charge is 0.339 e. The quantitative estimate of drug-likeness (QED) is 0.716. The highest BCUT2D eigenvalue weighted by Gasteiger charge is 2.02. The Morgan fingerprint density at radius 2 is 1.84 bits per heavy atom. The highest BCUT2D eigenvalue weighted by atomic mass is 79.9. The van der Waals surface area contributed by atoms with Crippen LogP contribution in [0.3, 0.4) is 0 Å². The first kappa shape index (κ1) is 12.2. The van der Waals surface area contributed by atoms with Gasteiger partial charge in [-0.3, -0.25) is 0 Å². The molecule has 0 saturated carbocycles. The van der Waals surface area contributed by atoms with Crippen LogP contribution in [-0.2, 0) is 0 Å². The summed E-state index contributed by atoms with van der Waals surface area (Å²) in [6, 6.07) is 18.4. The van der Waals surface area contributed by atoms with Gasteiger partial charge in [-0.2, -0.15) is 0 Å². The van der Waals surface area contributed by atoms with Gasteiger partial charge >= 0.3 is 0 Å². The van der Waals surface area contributed by atoms with Gasteiger partial charge in [-0.05, 0) is 58.7 Å². The van der Waals surface area contributed by atoms with Crippen LogP contribution < -0.4 is 5.32 Å². The van der Waals surface area contributed by atoms with Gasteiger partial charge in [-0.15, -0.1) is 0 Å². The number of nitrogens with zero attached hydrogens (tertiary/aromatic N) is 1. The zero-order valence-electron chi connectivity index (χ0n) is 10.5. The summed E-state index contributed by atoms with van der Waals surface area (Å²) in [6.45, 7) is 2.07. The molecule has 1 N–H and O–H groups in total. The molecule has 0 fully saturated rings. The number of para-hydroxylation sites is 1. The van der Waals surface area contributed by atoms with Crippen LogP contribution >= 0.6 is 15.9 Å². The lowest BCUT2D eigenvalue weighted by Crippen LogP contribution is -1.94. The molecule has 0 aliphatic heterocycles. The zero-order valence-corrected chi connectivity index (χ0v) is 12.1. The fourth-order valence-electron chi connectivity index (χ4n) is 2.00. The third-order valence-electron chi connectivity index (χ3n) is 2.99. The summed E-state index contributed by atoms with van der Waals surface area (Å²) in [5, 5.41) is 4.48. The predicted molar refractivity (Wildman–Crippen MR) is 83.9 cm³/mol. The molecule has 2 nitrogen and oxygen atoms in total.